The zero-order chi connectivity index (χ0) is 11.4. The van der Waals surface area contributed by atoms with Gasteiger partial charge < -0.3 is 21.9 Å². The first kappa shape index (κ1) is 17.3. The van der Waals surface area contributed by atoms with Crippen LogP contribution in [0.25, 0.3) is 0 Å². The smallest absolute Gasteiger partial charge is 0.462 e. The number of aliphatic hydroxyl groups is 2. The van der Waals surface area contributed by atoms with Crippen LogP contribution in [0.4, 0.5) is 8.78 Å². The largest absolute Gasteiger partial charge is 1.00 e. The normalized spacial score (nSPS) is 15.1. The van der Waals surface area contributed by atoms with Crippen molar-refractivity contribution in [3.8, 4) is 0 Å². The maximum Gasteiger partial charge on any atom is 1.00 e. The summed E-state index contributed by atoms with van der Waals surface area (Å²) in [6, 6.07) is 0. The Labute approximate surface area is 99.7 Å². The number of hydrogen-bond donors (Lipinski definition) is 2. The van der Waals surface area contributed by atoms with Crippen molar-refractivity contribution >= 4 is 5.97 Å². The molecule has 0 heterocycles. The number of esters is 1. The Kier molecular flexibility index (Phi) is 8.31. The van der Waals surface area contributed by atoms with Gasteiger partial charge in [-0.3, -0.25) is 0 Å². The summed E-state index contributed by atoms with van der Waals surface area (Å²) in [5, 5.41) is 17.3. The van der Waals surface area contributed by atoms with Crippen molar-refractivity contribution in [1.82, 2.24) is 0 Å². The fourth-order valence-electron chi connectivity index (χ4n) is 0.748. The maximum atomic E-state index is 13.0. The van der Waals surface area contributed by atoms with E-state index in [1.54, 1.807) is 0 Å². The standard InChI is InChI=1S/C8H13F2O4.Os/c1-3-14-7(13)8(9,10)5(2)6(12)4-11;/h5-6,11-12H,2-4H2,1H3;/q-1;+1/t5?,6-;/m1./s1. The quantitative estimate of drug-likeness (QED) is 0.502. The predicted octanol–water partition coefficient (Wildman–Crippen LogP) is -0.0142. The van der Waals surface area contributed by atoms with Gasteiger partial charge in [-0.2, -0.15) is 8.78 Å². The molecule has 0 aromatic carbocycles. The van der Waals surface area contributed by atoms with E-state index >= 15 is 0 Å². The van der Waals surface area contributed by atoms with Crippen molar-refractivity contribution in [2.75, 3.05) is 13.2 Å². The number of hydrogen-bond acceptors (Lipinski definition) is 4. The van der Waals surface area contributed by atoms with E-state index in [2.05, 4.69) is 11.7 Å². The van der Waals surface area contributed by atoms with Gasteiger partial charge in [0.1, 0.15) is 0 Å². The fraction of sp³-hybridized carbons (Fsp3) is 0.750. The van der Waals surface area contributed by atoms with Crippen LogP contribution in [-0.2, 0) is 29.3 Å². The number of aliphatic hydroxyl groups excluding tert-OH is 2. The molecule has 0 amide bonds. The van der Waals surface area contributed by atoms with Crippen molar-refractivity contribution in [3.05, 3.63) is 6.92 Å². The van der Waals surface area contributed by atoms with Gasteiger partial charge >= 0.3 is 31.7 Å². The van der Waals surface area contributed by atoms with E-state index in [-0.39, 0.29) is 26.4 Å². The molecule has 0 fully saturated rings. The Hall–Kier alpha value is -0.114. The van der Waals surface area contributed by atoms with E-state index in [4.69, 9.17) is 10.2 Å². The summed E-state index contributed by atoms with van der Waals surface area (Å²) in [7, 11) is 0. The molecule has 0 bridgehead atoms. The molecule has 0 aromatic heterocycles. The first-order chi connectivity index (χ1) is 6.37. The van der Waals surface area contributed by atoms with Crippen LogP contribution in [0.2, 0.25) is 0 Å². The average molecular weight is 401 g/mol. The molecule has 2 N–H and O–H groups in total. The third-order valence-corrected chi connectivity index (χ3v) is 1.66. The second-order valence-electron chi connectivity index (χ2n) is 2.70. The molecule has 0 spiro atoms. The molecule has 4 nitrogen and oxygen atoms in total. The zero-order valence-electron chi connectivity index (χ0n) is 8.10. The van der Waals surface area contributed by atoms with Gasteiger partial charge in [0.15, 0.2) is 0 Å². The molecule has 0 aromatic rings. The first-order valence-electron chi connectivity index (χ1n) is 4.04. The minimum Gasteiger partial charge on any atom is -0.462 e. The van der Waals surface area contributed by atoms with Crippen LogP contribution in [-0.4, -0.2) is 41.4 Å². The van der Waals surface area contributed by atoms with Gasteiger partial charge in [0.05, 0.1) is 19.3 Å². The fourth-order valence-corrected chi connectivity index (χ4v) is 0.748. The molecule has 1 unspecified atom stereocenters. The first-order valence-corrected chi connectivity index (χ1v) is 4.04. The van der Waals surface area contributed by atoms with Crippen LogP contribution < -0.4 is 0 Å². The van der Waals surface area contributed by atoms with Gasteiger partial charge in [0, 0.05) is 0 Å². The Morgan fingerprint density at radius 1 is 1.60 bits per heavy atom. The Morgan fingerprint density at radius 3 is 2.40 bits per heavy atom. The SMILES string of the molecule is [CH2-]C([C@H](O)CO)C(F)(F)C(=O)OCC.[Os+]. The topological polar surface area (TPSA) is 66.8 Å². The molecule has 0 aliphatic carbocycles. The van der Waals surface area contributed by atoms with E-state index in [1.807, 2.05) is 0 Å². The van der Waals surface area contributed by atoms with Crippen LogP contribution in [0, 0.1) is 12.8 Å². The molecular formula is C8H13F2O4Os. The Balaban J connectivity index is 0. The number of halogens is 2. The molecule has 0 saturated heterocycles. The molecule has 7 heteroatoms. The summed E-state index contributed by atoms with van der Waals surface area (Å²) in [4.78, 5) is 10.7. The van der Waals surface area contributed by atoms with Gasteiger partial charge in [0.25, 0.3) is 0 Å². The zero-order valence-corrected chi connectivity index (χ0v) is 10.6. The van der Waals surface area contributed by atoms with Gasteiger partial charge in [0.2, 0.25) is 0 Å². The van der Waals surface area contributed by atoms with Crippen LogP contribution in [0.3, 0.4) is 0 Å². The molecule has 15 heavy (non-hydrogen) atoms. The minimum absolute atomic E-state index is 0. The van der Waals surface area contributed by atoms with E-state index in [0.717, 1.165) is 0 Å². The summed E-state index contributed by atoms with van der Waals surface area (Å²) in [5.41, 5.74) is 0. The Bertz CT molecular complexity index is 201. The molecule has 1 radical (unpaired) electrons. The van der Waals surface area contributed by atoms with Crippen molar-refractivity contribution < 1.29 is 48.3 Å². The Morgan fingerprint density at radius 2 is 2.07 bits per heavy atom. The third-order valence-electron chi connectivity index (χ3n) is 1.66. The number of carbonyl (C=O) groups excluding carboxylic acids is 1. The molecule has 2 atom stereocenters. The number of alkyl halides is 2. The van der Waals surface area contributed by atoms with Crippen LogP contribution >= 0.6 is 0 Å². The van der Waals surface area contributed by atoms with Crippen molar-refractivity contribution in [2.24, 2.45) is 5.92 Å². The third kappa shape index (κ3) is 4.50. The second-order valence-corrected chi connectivity index (χ2v) is 2.70. The van der Waals surface area contributed by atoms with E-state index < -0.39 is 30.5 Å². The minimum atomic E-state index is -3.89. The van der Waals surface area contributed by atoms with Gasteiger partial charge in [-0.25, -0.2) is 4.79 Å². The monoisotopic (exact) mass is 403 g/mol. The molecular weight excluding hydrogens is 388 g/mol. The average Bonchev–Trinajstić information content (AvgIpc) is 2.15. The van der Waals surface area contributed by atoms with Crippen LogP contribution in [0.15, 0.2) is 0 Å². The van der Waals surface area contributed by atoms with E-state index in [1.165, 1.54) is 6.92 Å². The second kappa shape index (κ2) is 7.21. The summed E-state index contributed by atoms with van der Waals surface area (Å²) in [6.07, 6.45) is -1.76. The van der Waals surface area contributed by atoms with E-state index in [0.29, 0.717) is 0 Å². The van der Waals surface area contributed by atoms with Crippen LogP contribution in [0.5, 0.6) is 0 Å². The predicted molar refractivity (Wildman–Crippen MR) is 43.5 cm³/mol. The summed E-state index contributed by atoms with van der Waals surface area (Å²) in [5.74, 6) is -7.56. The summed E-state index contributed by atoms with van der Waals surface area (Å²) >= 11 is 0. The van der Waals surface area contributed by atoms with Crippen molar-refractivity contribution in [3.63, 3.8) is 0 Å². The van der Waals surface area contributed by atoms with Gasteiger partial charge in [-0.15, -0.1) is 0 Å². The number of rotatable bonds is 5. The van der Waals surface area contributed by atoms with E-state index in [9.17, 15) is 13.6 Å². The molecule has 0 saturated carbocycles. The van der Waals surface area contributed by atoms with Crippen molar-refractivity contribution in [2.45, 2.75) is 19.0 Å². The maximum absolute atomic E-state index is 13.0. The molecule has 91 valence electrons. The summed E-state index contributed by atoms with van der Waals surface area (Å²) in [6.45, 7) is 3.24. The number of carbonyl (C=O) groups is 1. The van der Waals surface area contributed by atoms with Crippen LogP contribution in [0.1, 0.15) is 6.92 Å². The van der Waals surface area contributed by atoms with Gasteiger partial charge in [-0.1, -0.05) is 5.92 Å². The molecule has 0 aliphatic heterocycles. The molecule has 0 rings (SSSR count). The van der Waals surface area contributed by atoms with Gasteiger partial charge in [-0.05, 0) is 6.92 Å². The summed E-state index contributed by atoms with van der Waals surface area (Å²) < 4.78 is 30.2. The van der Waals surface area contributed by atoms with Crippen molar-refractivity contribution in [1.29, 1.82) is 0 Å². The number of ether oxygens (including phenoxy) is 1. The molecule has 0 aliphatic rings.